The van der Waals surface area contributed by atoms with Crippen LogP contribution >= 0.6 is 0 Å². The summed E-state index contributed by atoms with van der Waals surface area (Å²) in [5.74, 6) is -4.51. The minimum absolute atomic E-state index is 0.140. The van der Waals surface area contributed by atoms with Crippen molar-refractivity contribution in [2.45, 2.75) is 33.1 Å². The second kappa shape index (κ2) is 8.19. The molecular formula is C22H24FNO5. The second-order valence-corrected chi connectivity index (χ2v) is 7.28. The molecule has 0 radical (unpaired) electrons. The van der Waals surface area contributed by atoms with Crippen molar-refractivity contribution in [2.75, 3.05) is 13.7 Å². The van der Waals surface area contributed by atoms with E-state index in [1.54, 1.807) is 32.9 Å². The average molecular weight is 401 g/mol. The van der Waals surface area contributed by atoms with Crippen LogP contribution in [-0.4, -0.2) is 31.4 Å². The first kappa shape index (κ1) is 20.8. The molecule has 1 aliphatic heterocycles. The van der Waals surface area contributed by atoms with Crippen molar-refractivity contribution in [3.63, 3.8) is 0 Å². The molecule has 0 unspecified atom stereocenters. The third-order valence-corrected chi connectivity index (χ3v) is 5.45. The second-order valence-electron chi connectivity index (χ2n) is 7.28. The average Bonchev–Trinajstić information content (AvgIpc) is 2.67. The molecule has 1 aliphatic carbocycles. The van der Waals surface area contributed by atoms with Crippen LogP contribution < -0.4 is 5.32 Å². The number of carbonyl (C=O) groups is 3. The lowest BCUT2D eigenvalue weighted by Crippen LogP contribution is -2.43. The van der Waals surface area contributed by atoms with Gasteiger partial charge in [-0.15, -0.1) is 0 Å². The fraction of sp³-hybridized carbons (Fsp3) is 0.409. The van der Waals surface area contributed by atoms with Gasteiger partial charge in [-0.1, -0.05) is 25.1 Å². The predicted molar refractivity (Wildman–Crippen MR) is 103 cm³/mol. The topological polar surface area (TPSA) is 81.7 Å². The monoisotopic (exact) mass is 401 g/mol. The maximum absolute atomic E-state index is 14.8. The van der Waals surface area contributed by atoms with Gasteiger partial charge in [0.2, 0.25) is 0 Å². The molecule has 6 nitrogen and oxygen atoms in total. The van der Waals surface area contributed by atoms with E-state index in [1.165, 1.54) is 19.2 Å². The number of carbonyl (C=O) groups excluding carboxylic acids is 3. The van der Waals surface area contributed by atoms with Crippen molar-refractivity contribution in [1.82, 2.24) is 5.32 Å². The molecule has 0 spiro atoms. The van der Waals surface area contributed by atoms with E-state index in [0.29, 0.717) is 17.8 Å². The lowest BCUT2D eigenvalue weighted by molar-refractivity contribution is -0.151. The maximum Gasteiger partial charge on any atom is 0.336 e. The summed E-state index contributed by atoms with van der Waals surface area (Å²) in [5.41, 5.74) is 1.68. The number of methoxy groups -OCH3 is 1. The number of esters is 2. The lowest BCUT2D eigenvalue weighted by Gasteiger charge is -2.38. The van der Waals surface area contributed by atoms with E-state index in [-0.39, 0.29) is 29.2 Å². The van der Waals surface area contributed by atoms with Crippen LogP contribution in [0.4, 0.5) is 4.39 Å². The van der Waals surface area contributed by atoms with Crippen LogP contribution in [0.3, 0.4) is 0 Å². The standard InChI is InChI=1S/C22H24FNO5/c1-5-29-22(27)17-12(3)24-15-10-11(2)16(21(26)28-4)20(25)19(15)18(17)13-8-6-7-9-14(13)23/h6-9,11,16,18,24H,5,10H2,1-4H3/t11-,16+,18+/m0/s1. The van der Waals surface area contributed by atoms with Crippen LogP contribution in [0, 0.1) is 17.7 Å². The Kier molecular flexibility index (Phi) is 5.86. The van der Waals surface area contributed by atoms with Crippen molar-refractivity contribution in [2.24, 2.45) is 11.8 Å². The minimum Gasteiger partial charge on any atom is -0.468 e. The van der Waals surface area contributed by atoms with Gasteiger partial charge < -0.3 is 14.8 Å². The summed E-state index contributed by atoms with van der Waals surface area (Å²) >= 11 is 0. The van der Waals surface area contributed by atoms with Gasteiger partial charge in [-0.2, -0.15) is 0 Å². The van der Waals surface area contributed by atoms with E-state index >= 15 is 0 Å². The molecule has 2 aliphatic rings. The van der Waals surface area contributed by atoms with Gasteiger partial charge in [-0.25, -0.2) is 9.18 Å². The molecule has 0 fully saturated rings. The smallest absolute Gasteiger partial charge is 0.336 e. The van der Waals surface area contributed by atoms with Crippen molar-refractivity contribution < 1.29 is 28.2 Å². The highest BCUT2D eigenvalue weighted by Crippen LogP contribution is 2.45. The fourth-order valence-electron chi connectivity index (χ4n) is 4.18. The molecule has 1 aromatic carbocycles. The Bertz CT molecular complexity index is 933. The van der Waals surface area contributed by atoms with E-state index in [9.17, 15) is 18.8 Å². The number of hydrogen-bond donors (Lipinski definition) is 1. The number of halogens is 1. The Morgan fingerprint density at radius 3 is 2.59 bits per heavy atom. The van der Waals surface area contributed by atoms with Crippen molar-refractivity contribution >= 4 is 17.7 Å². The van der Waals surface area contributed by atoms with Gasteiger partial charge >= 0.3 is 11.9 Å². The molecule has 1 aromatic rings. The molecular weight excluding hydrogens is 377 g/mol. The molecule has 0 bridgehead atoms. The summed E-state index contributed by atoms with van der Waals surface area (Å²) in [6.45, 7) is 5.31. The molecule has 0 saturated heterocycles. The largest absolute Gasteiger partial charge is 0.468 e. The van der Waals surface area contributed by atoms with Crippen LogP contribution in [0.25, 0.3) is 0 Å². The molecule has 3 atom stereocenters. The van der Waals surface area contributed by atoms with E-state index in [4.69, 9.17) is 9.47 Å². The third-order valence-electron chi connectivity index (χ3n) is 5.45. The number of ether oxygens (including phenoxy) is 2. The molecule has 0 saturated carbocycles. The number of rotatable bonds is 4. The zero-order valence-corrected chi connectivity index (χ0v) is 16.9. The van der Waals surface area contributed by atoms with Crippen LogP contribution in [0.1, 0.15) is 38.7 Å². The molecule has 0 amide bonds. The Morgan fingerprint density at radius 2 is 1.97 bits per heavy atom. The summed E-state index contributed by atoms with van der Waals surface area (Å²) in [4.78, 5) is 38.4. The number of hydrogen-bond acceptors (Lipinski definition) is 6. The molecule has 3 rings (SSSR count). The highest BCUT2D eigenvalue weighted by molar-refractivity contribution is 6.12. The van der Waals surface area contributed by atoms with Gasteiger partial charge in [0.05, 0.1) is 25.2 Å². The van der Waals surface area contributed by atoms with Crippen molar-refractivity contribution in [3.8, 4) is 0 Å². The normalized spacial score (nSPS) is 24.0. The highest BCUT2D eigenvalue weighted by atomic mass is 19.1. The fourth-order valence-corrected chi connectivity index (χ4v) is 4.18. The molecule has 1 heterocycles. The third kappa shape index (κ3) is 3.57. The van der Waals surface area contributed by atoms with Gasteiger partial charge in [0.25, 0.3) is 0 Å². The number of nitrogens with one attached hydrogen (secondary N) is 1. The number of Topliss-reactive ketones (excluding diaryl/α,β-unsaturated/α-hetero) is 1. The Morgan fingerprint density at radius 1 is 1.28 bits per heavy atom. The van der Waals surface area contributed by atoms with Crippen molar-refractivity contribution in [1.29, 1.82) is 0 Å². The van der Waals surface area contributed by atoms with E-state index in [2.05, 4.69) is 5.32 Å². The number of allylic oxidation sites excluding steroid dienone is 3. The Labute approximate surface area is 168 Å². The summed E-state index contributed by atoms with van der Waals surface area (Å²) < 4.78 is 24.8. The van der Waals surface area contributed by atoms with Crippen LogP contribution in [0.5, 0.6) is 0 Å². The quantitative estimate of drug-likeness (QED) is 0.617. The first-order valence-electron chi connectivity index (χ1n) is 9.56. The van der Waals surface area contributed by atoms with Gasteiger partial charge in [0, 0.05) is 22.5 Å². The molecule has 29 heavy (non-hydrogen) atoms. The summed E-state index contributed by atoms with van der Waals surface area (Å²) in [6.07, 6.45) is 0.402. The summed E-state index contributed by atoms with van der Waals surface area (Å²) in [5, 5.41) is 3.13. The van der Waals surface area contributed by atoms with Crippen molar-refractivity contribution in [3.05, 3.63) is 58.2 Å². The Balaban J connectivity index is 2.21. The highest BCUT2D eigenvalue weighted by Gasteiger charge is 2.47. The van der Waals surface area contributed by atoms with E-state index in [0.717, 1.165) is 0 Å². The minimum atomic E-state index is -1.00. The lowest BCUT2D eigenvalue weighted by atomic mass is 9.69. The summed E-state index contributed by atoms with van der Waals surface area (Å²) in [6, 6.07) is 6.01. The first-order chi connectivity index (χ1) is 13.8. The zero-order chi connectivity index (χ0) is 21.3. The number of ketones is 1. The molecule has 154 valence electrons. The van der Waals surface area contributed by atoms with Crippen LogP contribution in [-0.2, 0) is 23.9 Å². The number of dihydropyridines is 1. The number of benzene rings is 1. The van der Waals surface area contributed by atoms with E-state index in [1.807, 2.05) is 0 Å². The van der Waals surface area contributed by atoms with Gasteiger partial charge in [0.15, 0.2) is 5.78 Å². The predicted octanol–water partition coefficient (Wildman–Crippen LogP) is 3.00. The molecule has 7 heteroatoms. The van der Waals surface area contributed by atoms with Gasteiger partial charge in [-0.05, 0) is 32.3 Å². The Hall–Kier alpha value is -2.96. The molecule has 1 N–H and O–H groups in total. The summed E-state index contributed by atoms with van der Waals surface area (Å²) in [7, 11) is 1.23. The van der Waals surface area contributed by atoms with Gasteiger partial charge in [-0.3, -0.25) is 9.59 Å². The molecule has 0 aromatic heterocycles. The SMILES string of the molecule is CCOC(=O)C1=C(C)NC2=C(C(=O)[C@H](C(=O)OC)[C@@H](C)C2)[C@@H]1c1ccccc1F. The van der Waals surface area contributed by atoms with Crippen LogP contribution in [0.2, 0.25) is 0 Å². The zero-order valence-electron chi connectivity index (χ0n) is 16.9. The van der Waals surface area contributed by atoms with Gasteiger partial charge in [0.1, 0.15) is 11.7 Å². The first-order valence-corrected chi connectivity index (χ1v) is 9.56. The van der Waals surface area contributed by atoms with Crippen LogP contribution in [0.15, 0.2) is 46.8 Å². The van der Waals surface area contributed by atoms with E-state index < -0.39 is 35.4 Å². The maximum atomic E-state index is 14.8.